The zero-order valence-electron chi connectivity index (χ0n) is 19.1. The number of fused-ring (bicyclic) bond motifs is 1. The Labute approximate surface area is 208 Å². The number of rotatable bonds is 4. The molecule has 1 aliphatic heterocycles. The molecule has 4 nitrogen and oxygen atoms in total. The van der Waals surface area contributed by atoms with Crippen molar-refractivity contribution >= 4 is 33.8 Å². The van der Waals surface area contributed by atoms with Crippen LogP contribution in [0.25, 0.3) is 16.5 Å². The SMILES string of the molecule is Cc1cc(N2C(=S)N[C@H](c3ccccn3)[C@@H]2c2cccn2-c2ccc3ccccc3c2)ccc1F. The number of aryl methyl sites for hydroxylation is 1. The highest BCUT2D eigenvalue weighted by Gasteiger charge is 2.42. The van der Waals surface area contributed by atoms with E-state index >= 15 is 0 Å². The van der Waals surface area contributed by atoms with E-state index in [4.69, 9.17) is 12.2 Å². The van der Waals surface area contributed by atoms with Crippen molar-refractivity contribution in [3.05, 3.63) is 126 Å². The van der Waals surface area contributed by atoms with Gasteiger partial charge in [0.2, 0.25) is 0 Å². The Morgan fingerprint density at radius 2 is 1.66 bits per heavy atom. The first-order chi connectivity index (χ1) is 17.1. The molecule has 0 bridgehead atoms. The number of thiocarbonyl (C=S) groups is 1. The van der Waals surface area contributed by atoms with Crippen LogP contribution in [0.15, 0.2) is 103 Å². The van der Waals surface area contributed by atoms with Crippen molar-refractivity contribution in [1.82, 2.24) is 14.9 Å². The average Bonchev–Trinajstić information content (AvgIpc) is 3.50. The van der Waals surface area contributed by atoms with E-state index in [1.54, 1.807) is 19.2 Å². The smallest absolute Gasteiger partial charge is 0.174 e. The van der Waals surface area contributed by atoms with Gasteiger partial charge in [-0.15, -0.1) is 0 Å². The van der Waals surface area contributed by atoms with Crippen molar-refractivity contribution in [3.63, 3.8) is 0 Å². The van der Waals surface area contributed by atoms with E-state index in [1.165, 1.54) is 16.8 Å². The van der Waals surface area contributed by atoms with Crippen molar-refractivity contribution in [3.8, 4) is 5.69 Å². The Hall–Kier alpha value is -4.03. The van der Waals surface area contributed by atoms with Crippen molar-refractivity contribution in [2.75, 3.05) is 4.90 Å². The zero-order valence-corrected chi connectivity index (χ0v) is 19.9. The second-order valence-electron chi connectivity index (χ2n) is 8.76. The number of halogens is 1. The van der Waals surface area contributed by atoms with E-state index in [0.29, 0.717) is 10.7 Å². The average molecular weight is 479 g/mol. The minimum atomic E-state index is -0.232. The Bertz CT molecular complexity index is 1550. The summed E-state index contributed by atoms with van der Waals surface area (Å²) in [6.45, 7) is 1.77. The fraction of sp³-hybridized carbons (Fsp3) is 0.103. The van der Waals surface area contributed by atoms with E-state index in [0.717, 1.165) is 22.8 Å². The zero-order chi connectivity index (χ0) is 23.9. The van der Waals surface area contributed by atoms with Gasteiger partial charge in [0.1, 0.15) is 11.9 Å². The summed E-state index contributed by atoms with van der Waals surface area (Å²) in [7, 11) is 0. The van der Waals surface area contributed by atoms with Crippen molar-refractivity contribution in [2.45, 2.75) is 19.0 Å². The monoisotopic (exact) mass is 478 g/mol. The summed E-state index contributed by atoms with van der Waals surface area (Å²) >= 11 is 5.83. The standard InChI is InChI=1S/C29H23FN4S/c1-19-17-23(13-14-24(19)30)34-28(27(32-29(34)35)25-9-4-5-15-31-25)26-10-6-16-33(26)22-12-11-20-7-2-3-8-21(20)18-22/h2-18,27-28H,1H3,(H,32,35)/t27-,28+/m1/s1. The van der Waals surface area contributed by atoms with Crippen molar-refractivity contribution < 1.29 is 4.39 Å². The predicted molar refractivity (Wildman–Crippen MR) is 142 cm³/mol. The van der Waals surface area contributed by atoms with Gasteiger partial charge in [0.05, 0.1) is 11.7 Å². The van der Waals surface area contributed by atoms with Crippen LogP contribution >= 0.6 is 12.2 Å². The summed E-state index contributed by atoms with van der Waals surface area (Å²) in [4.78, 5) is 6.72. The maximum absolute atomic E-state index is 14.1. The lowest BCUT2D eigenvalue weighted by molar-refractivity contribution is 0.549. The maximum atomic E-state index is 14.1. The summed E-state index contributed by atoms with van der Waals surface area (Å²) < 4.78 is 16.3. The number of anilines is 1. The first-order valence-electron chi connectivity index (χ1n) is 11.5. The van der Waals surface area contributed by atoms with Gasteiger partial charge in [0, 0.05) is 29.5 Å². The van der Waals surface area contributed by atoms with Gasteiger partial charge >= 0.3 is 0 Å². The molecule has 0 aliphatic carbocycles. The van der Waals surface area contributed by atoms with E-state index in [2.05, 4.69) is 74.5 Å². The minimum absolute atomic E-state index is 0.178. The molecule has 6 heteroatoms. The van der Waals surface area contributed by atoms with E-state index in [-0.39, 0.29) is 17.9 Å². The molecule has 1 aliphatic rings. The van der Waals surface area contributed by atoms with E-state index < -0.39 is 0 Å². The van der Waals surface area contributed by atoms with Gasteiger partial charge in [-0.25, -0.2) is 4.39 Å². The minimum Gasteiger partial charge on any atom is -0.351 e. The van der Waals surface area contributed by atoms with Crippen LogP contribution in [0.3, 0.4) is 0 Å². The topological polar surface area (TPSA) is 33.1 Å². The van der Waals surface area contributed by atoms with Gasteiger partial charge in [-0.1, -0.05) is 36.4 Å². The molecule has 172 valence electrons. The fourth-order valence-corrected chi connectivity index (χ4v) is 5.25. The molecule has 3 heterocycles. The third kappa shape index (κ3) is 3.76. The number of nitrogens with one attached hydrogen (secondary N) is 1. The van der Waals surface area contributed by atoms with Gasteiger partial charge in [-0.2, -0.15) is 0 Å². The molecule has 35 heavy (non-hydrogen) atoms. The quantitative estimate of drug-likeness (QED) is 0.293. The van der Waals surface area contributed by atoms with Crippen LogP contribution in [0.4, 0.5) is 10.1 Å². The lowest BCUT2D eigenvalue weighted by Gasteiger charge is -2.29. The molecule has 2 atom stereocenters. The van der Waals surface area contributed by atoms with Crippen molar-refractivity contribution in [1.29, 1.82) is 0 Å². The van der Waals surface area contributed by atoms with Gasteiger partial charge in [-0.05, 0) is 90.1 Å². The van der Waals surface area contributed by atoms with Gasteiger partial charge in [0.15, 0.2) is 5.11 Å². The molecular formula is C29H23FN4S. The molecule has 0 unspecified atom stereocenters. The summed E-state index contributed by atoms with van der Waals surface area (Å²) in [5, 5.41) is 6.45. The second kappa shape index (κ2) is 8.64. The molecule has 1 saturated heterocycles. The largest absolute Gasteiger partial charge is 0.351 e. The summed E-state index contributed by atoms with van der Waals surface area (Å²) in [5.41, 5.74) is 4.44. The van der Waals surface area contributed by atoms with Crippen LogP contribution < -0.4 is 10.2 Å². The highest BCUT2D eigenvalue weighted by Crippen LogP contribution is 2.42. The normalized spacial score (nSPS) is 17.7. The van der Waals surface area contributed by atoms with Gasteiger partial charge in [-0.3, -0.25) is 4.98 Å². The summed E-state index contributed by atoms with van der Waals surface area (Å²) in [6, 6.07) is 29.7. The van der Waals surface area contributed by atoms with Crippen LogP contribution in [0.5, 0.6) is 0 Å². The fourth-order valence-electron chi connectivity index (χ4n) is 4.91. The molecule has 0 saturated carbocycles. The molecule has 0 spiro atoms. The summed E-state index contributed by atoms with van der Waals surface area (Å²) in [5.74, 6) is -0.232. The van der Waals surface area contributed by atoms with Gasteiger partial charge < -0.3 is 14.8 Å². The molecule has 1 N–H and O–H groups in total. The van der Waals surface area contributed by atoms with Crippen LogP contribution in [-0.4, -0.2) is 14.7 Å². The van der Waals surface area contributed by atoms with Crippen LogP contribution in [0.1, 0.15) is 29.0 Å². The van der Waals surface area contributed by atoms with Crippen LogP contribution in [0.2, 0.25) is 0 Å². The first kappa shape index (κ1) is 21.5. The second-order valence-corrected chi connectivity index (χ2v) is 9.15. The number of pyridine rings is 1. The number of aromatic nitrogens is 2. The highest BCUT2D eigenvalue weighted by atomic mass is 32.1. The molecular weight excluding hydrogens is 455 g/mol. The van der Waals surface area contributed by atoms with E-state index in [9.17, 15) is 4.39 Å². The predicted octanol–water partition coefficient (Wildman–Crippen LogP) is 6.65. The van der Waals surface area contributed by atoms with Crippen LogP contribution in [-0.2, 0) is 0 Å². The lowest BCUT2D eigenvalue weighted by Crippen LogP contribution is -2.30. The van der Waals surface area contributed by atoms with Gasteiger partial charge in [0.25, 0.3) is 0 Å². The molecule has 3 aromatic carbocycles. The van der Waals surface area contributed by atoms with Crippen molar-refractivity contribution in [2.24, 2.45) is 0 Å². The Morgan fingerprint density at radius 1 is 0.857 bits per heavy atom. The molecule has 1 fully saturated rings. The molecule has 0 radical (unpaired) electrons. The molecule has 5 aromatic rings. The lowest BCUT2D eigenvalue weighted by atomic mass is 10.00. The number of hydrogen-bond donors (Lipinski definition) is 1. The highest BCUT2D eigenvalue weighted by molar-refractivity contribution is 7.80. The Morgan fingerprint density at radius 3 is 2.46 bits per heavy atom. The third-order valence-electron chi connectivity index (χ3n) is 6.61. The molecule has 6 rings (SSSR count). The Balaban J connectivity index is 1.52. The summed E-state index contributed by atoms with van der Waals surface area (Å²) in [6.07, 6.45) is 3.87. The van der Waals surface area contributed by atoms with E-state index in [1.807, 2.05) is 30.3 Å². The van der Waals surface area contributed by atoms with Crippen LogP contribution in [0, 0.1) is 12.7 Å². The number of hydrogen-bond acceptors (Lipinski definition) is 2. The number of benzene rings is 3. The third-order valence-corrected chi connectivity index (χ3v) is 6.93. The molecule has 2 aromatic heterocycles. The molecule has 0 amide bonds. The first-order valence-corrected chi connectivity index (χ1v) is 11.9. The number of nitrogens with zero attached hydrogens (tertiary/aromatic N) is 3. The maximum Gasteiger partial charge on any atom is 0.174 e. The Kier molecular flexibility index (Phi) is 5.30.